The van der Waals surface area contributed by atoms with E-state index in [9.17, 15) is 4.79 Å². The first-order valence-electron chi connectivity index (χ1n) is 11.9. The Hall–Kier alpha value is -2.42. The fraction of sp³-hybridized carbons (Fsp3) is 0.480. The Morgan fingerprint density at radius 3 is 2.76 bits per heavy atom. The molecule has 0 unspecified atom stereocenters. The summed E-state index contributed by atoms with van der Waals surface area (Å²) in [5.74, 6) is 1.69. The predicted octanol–water partition coefficient (Wildman–Crippen LogP) is 4.94. The van der Waals surface area contributed by atoms with Crippen LogP contribution in [0.3, 0.4) is 0 Å². The highest BCUT2D eigenvalue weighted by atomic mass is 35.5. The van der Waals surface area contributed by atoms with E-state index < -0.39 is 0 Å². The fourth-order valence-electron chi connectivity index (χ4n) is 5.09. The number of carbonyl (C=O) groups is 1. The van der Waals surface area contributed by atoms with E-state index in [4.69, 9.17) is 16.3 Å². The zero-order chi connectivity index (χ0) is 23.5. The molecule has 5 rings (SSSR count). The molecule has 2 saturated heterocycles. The van der Waals surface area contributed by atoms with Gasteiger partial charge in [-0.3, -0.25) is 0 Å². The summed E-state index contributed by atoms with van der Waals surface area (Å²) in [5.41, 5.74) is 1.07. The molecule has 0 aliphatic carbocycles. The van der Waals surface area contributed by atoms with Gasteiger partial charge in [-0.1, -0.05) is 29.8 Å². The lowest BCUT2D eigenvalue weighted by Crippen LogP contribution is -2.48. The Balaban J connectivity index is 1.31. The third kappa shape index (κ3) is 4.72. The SMILES string of the molecule is Cc1nnc([C@H]2CCCN2C(=O)NCC2(c3cccs3)CCOCC2)n1Cc1ccc(Cl)cc1. The topological polar surface area (TPSA) is 72.3 Å². The van der Waals surface area contributed by atoms with Crippen molar-refractivity contribution in [1.29, 1.82) is 0 Å². The molecule has 1 atom stereocenters. The third-order valence-corrected chi connectivity index (χ3v) is 8.47. The number of benzene rings is 1. The number of ether oxygens (including phenoxy) is 1. The van der Waals surface area contributed by atoms with Crippen molar-refractivity contribution in [3.05, 3.63) is 68.9 Å². The molecular weight excluding hydrogens is 470 g/mol. The number of halogens is 1. The van der Waals surface area contributed by atoms with Gasteiger partial charge in [-0.2, -0.15) is 0 Å². The number of nitrogens with zero attached hydrogens (tertiary/aromatic N) is 4. The number of amides is 2. The number of hydrogen-bond acceptors (Lipinski definition) is 5. The highest BCUT2D eigenvalue weighted by Gasteiger charge is 2.38. The van der Waals surface area contributed by atoms with E-state index in [1.54, 1.807) is 11.3 Å². The largest absolute Gasteiger partial charge is 0.381 e. The Bertz CT molecular complexity index is 1110. The monoisotopic (exact) mass is 499 g/mol. The van der Waals surface area contributed by atoms with E-state index in [-0.39, 0.29) is 17.5 Å². The molecule has 2 amide bonds. The maximum absolute atomic E-state index is 13.4. The molecule has 180 valence electrons. The predicted molar refractivity (Wildman–Crippen MR) is 133 cm³/mol. The van der Waals surface area contributed by atoms with Crippen molar-refractivity contribution in [2.75, 3.05) is 26.3 Å². The van der Waals surface area contributed by atoms with Crippen LogP contribution >= 0.6 is 22.9 Å². The minimum Gasteiger partial charge on any atom is -0.381 e. The van der Waals surface area contributed by atoms with Gasteiger partial charge in [0.2, 0.25) is 0 Å². The average molecular weight is 500 g/mol. The highest BCUT2D eigenvalue weighted by molar-refractivity contribution is 7.10. The van der Waals surface area contributed by atoms with E-state index in [0.29, 0.717) is 18.1 Å². The molecule has 0 bridgehead atoms. The van der Waals surface area contributed by atoms with E-state index in [2.05, 4.69) is 37.6 Å². The molecule has 0 spiro atoms. The van der Waals surface area contributed by atoms with E-state index in [1.807, 2.05) is 36.1 Å². The van der Waals surface area contributed by atoms with Crippen molar-refractivity contribution in [2.45, 2.75) is 50.6 Å². The van der Waals surface area contributed by atoms with Crippen molar-refractivity contribution in [3.8, 4) is 0 Å². The van der Waals surface area contributed by atoms with E-state index >= 15 is 0 Å². The Morgan fingerprint density at radius 2 is 2.03 bits per heavy atom. The number of nitrogens with one attached hydrogen (secondary N) is 1. The average Bonchev–Trinajstić information content (AvgIpc) is 3.62. The summed E-state index contributed by atoms with van der Waals surface area (Å²) in [6.45, 7) is 5.41. The maximum Gasteiger partial charge on any atom is 0.318 e. The summed E-state index contributed by atoms with van der Waals surface area (Å²) < 4.78 is 7.75. The van der Waals surface area contributed by atoms with E-state index in [1.165, 1.54) is 4.88 Å². The molecule has 0 radical (unpaired) electrons. The van der Waals surface area contributed by atoms with Crippen LogP contribution in [-0.2, 0) is 16.7 Å². The number of thiophene rings is 1. The van der Waals surface area contributed by atoms with Gasteiger partial charge in [-0.05, 0) is 61.7 Å². The maximum atomic E-state index is 13.4. The second-order valence-electron chi connectivity index (χ2n) is 9.20. The van der Waals surface area contributed by atoms with Gasteiger partial charge in [0.15, 0.2) is 5.82 Å². The van der Waals surface area contributed by atoms with Gasteiger partial charge in [0.1, 0.15) is 5.82 Å². The van der Waals surface area contributed by atoms with Crippen LogP contribution < -0.4 is 5.32 Å². The molecule has 0 saturated carbocycles. The van der Waals surface area contributed by atoms with Crippen LogP contribution in [0.2, 0.25) is 5.02 Å². The minimum absolute atomic E-state index is 0.0244. The van der Waals surface area contributed by atoms with Crippen molar-refractivity contribution >= 4 is 29.0 Å². The minimum atomic E-state index is -0.0825. The Labute approximate surface area is 209 Å². The van der Waals surface area contributed by atoms with Gasteiger partial charge in [-0.15, -0.1) is 21.5 Å². The van der Waals surface area contributed by atoms with Crippen molar-refractivity contribution < 1.29 is 9.53 Å². The zero-order valence-corrected chi connectivity index (χ0v) is 20.9. The number of hydrogen-bond donors (Lipinski definition) is 1. The summed E-state index contributed by atoms with van der Waals surface area (Å²) in [7, 11) is 0. The molecule has 2 aliphatic heterocycles. The molecular formula is C25H30ClN5O2S. The van der Waals surface area contributed by atoms with Crippen molar-refractivity contribution in [2.24, 2.45) is 0 Å². The lowest BCUT2D eigenvalue weighted by molar-refractivity contribution is 0.0512. The smallest absolute Gasteiger partial charge is 0.318 e. The lowest BCUT2D eigenvalue weighted by atomic mass is 9.78. The second-order valence-corrected chi connectivity index (χ2v) is 10.6. The number of aromatic nitrogens is 3. The summed E-state index contributed by atoms with van der Waals surface area (Å²) in [5, 5.41) is 14.9. The van der Waals surface area contributed by atoms with Crippen LogP contribution in [0.25, 0.3) is 0 Å². The summed E-state index contributed by atoms with van der Waals surface area (Å²) >= 11 is 7.82. The van der Waals surface area contributed by atoms with Crippen molar-refractivity contribution in [1.82, 2.24) is 25.0 Å². The fourth-order valence-corrected chi connectivity index (χ4v) is 6.20. The number of urea groups is 1. The molecule has 2 aromatic heterocycles. The lowest BCUT2D eigenvalue weighted by Gasteiger charge is -2.37. The molecule has 3 aromatic rings. The van der Waals surface area contributed by atoms with Crippen molar-refractivity contribution in [3.63, 3.8) is 0 Å². The first-order chi connectivity index (χ1) is 16.6. The molecule has 9 heteroatoms. The number of likely N-dealkylation sites (tertiary alicyclic amines) is 1. The van der Waals surface area contributed by atoms with Gasteiger partial charge in [-0.25, -0.2) is 4.79 Å². The van der Waals surface area contributed by atoms with Gasteiger partial charge in [0, 0.05) is 41.6 Å². The molecule has 1 aromatic carbocycles. The van der Waals surface area contributed by atoms with Crippen LogP contribution in [0.5, 0.6) is 0 Å². The molecule has 34 heavy (non-hydrogen) atoms. The first-order valence-corrected chi connectivity index (χ1v) is 13.1. The zero-order valence-electron chi connectivity index (χ0n) is 19.4. The van der Waals surface area contributed by atoms with Crippen LogP contribution in [-0.4, -0.2) is 52.0 Å². The Morgan fingerprint density at radius 1 is 1.24 bits per heavy atom. The molecule has 2 fully saturated rings. The van der Waals surface area contributed by atoms with Crippen LogP contribution in [0, 0.1) is 6.92 Å². The summed E-state index contributed by atoms with van der Waals surface area (Å²) in [4.78, 5) is 16.7. The standard InChI is InChI=1S/C25H30ClN5O2S/c1-18-28-29-23(31(18)16-19-6-8-20(26)9-7-19)21-4-2-12-30(21)24(32)27-17-25(10-13-33-14-11-25)22-5-3-15-34-22/h3,5-9,15,21H,2,4,10-14,16-17H2,1H3,(H,27,32)/t21-/m1/s1. The number of rotatable bonds is 6. The Kier molecular flexibility index (Phi) is 6.90. The molecule has 7 nitrogen and oxygen atoms in total. The van der Waals surface area contributed by atoms with Gasteiger partial charge >= 0.3 is 6.03 Å². The summed E-state index contributed by atoms with van der Waals surface area (Å²) in [6, 6.07) is 12.0. The third-order valence-electron chi connectivity index (χ3n) is 7.10. The van der Waals surface area contributed by atoms with Crippen LogP contribution in [0.4, 0.5) is 4.79 Å². The first kappa shape index (κ1) is 23.3. The molecule has 4 heterocycles. The summed E-state index contributed by atoms with van der Waals surface area (Å²) in [6.07, 6.45) is 3.68. The van der Waals surface area contributed by atoms with Gasteiger partial charge in [0.05, 0.1) is 12.6 Å². The molecule has 2 aliphatic rings. The van der Waals surface area contributed by atoms with Crippen LogP contribution in [0.1, 0.15) is 53.8 Å². The quantitative estimate of drug-likeness (QED) is 0.521. The highest BCUT2D eigenvalue weighted by Crippen LogP contribution is 2.37. The van der Waals surface area contributed by atoms with E-state index in [0.717, 1.165) is 62.7 Å². The van der Waals surface area contributed by atoms with Gasteiger partial charge < -0.3 is 19.5 Å². The number of carbonyl (C=O) groups excluding carboxylic acids is 1. The number of aryl methyl sites for hydroxylation is 1. The van der Waals surface area contributed by atoms with Crippen LogP contribution in [0.15, 0.2) is 41.8 Å². The van der Waals surface area contributed by atoms with Gasteiger partial charge in [0.25, 0.3) is 0 Å². The molecule has 1 N–H and O–H groups in total. The second kappa shape index (κ2) is 10.1. The normalized spacial score (nSPS) is 19.9.